The molecule has 1 saturated heterocycles. The first-order valence-electron chi connectivity index (χ1n) is 17.5. The minimum absolute atomic E-state index is 0.139. The molecule has 1 aliphatic rings. The van der Waals surface area contributed by atoms with Crippen molar-refractivity contribution in [2.45, 2.75) is 167 Å². The summed E-state index contributed by atoms with van der Waals surface area (Å²) >= 11 is 0. The molecule has 0 aliphatic carbocycles. The molecule has 1 N–H and O–H groups in total. The average molecular weight is 605 g/mol. The molecule has 0 radical (unpaired) electrons. The minimum atomic E-state index is -0.992. The summed E-state index contributed by atoms with van der Waals surface area (Å²) in [5.74, 6) is 0.159. The summed E-state index contributed by atoms with van der Waals surface area (Å²) < 4.78 is 16.0. The fourth-order valence-electron chi connectivity index (χ4n) is 4.94. The molecule has 0 aromatic rings. The maximum absolute atomic E-state index is 12.0. The number of unbranched alkanes of at least 4 members (excludes halogenated alkanes) is 10. The van der Waals surface area contributed by atoms with Gasteiger partial charge in [-0.25, -0.2) is 0 Å². The van der Waals surface area contributed by atoms with Crippen molar-refractivity contribution in [2.75, 3.05) is 13.2 Å². The normalized spacial score (nSPS) is 17.4. The predicted molar refractivity (Wildman–Crippen MR) is 177 cm³/mol. The smallest absolute Gasteiger partial charge is 0.305 e. The summed E-state index contributed by atoms with van der Waals surface area (Å²) in [5, 5.41) is 9.99. The average Bonchev–Trinajstić information content (AvgIpc) is 3.74. The number of ether oxygens (including phenoxy) is 3. The van der Waals surface area contributed by atoms with Gasteiger partial charge in [0, 0.05) is 12.8 Å². The van der Waals surface area contributed by atoms with Crippen LogP contribution in [0, 0.1) is 5.92 Å². The van der Waals surface area contributed by atoms with Gasteiger partial charge >= 0.3 is 11.9 Å². The zero-order chi connectivity index (χ0) is 31.4. The third kappa shape index (κ3) is 26.2. The number of hydrogen-bond donors (Lipinski definition) is 1. The Balaban J connectivity index is 1.91. The Morgan fingerprint density at radius 2 is 1.26 bits per heavy atom. The van der Waals surface area contributed by atoms with E-state index in [1.54, 1.807) is 0 Å². The Labute approximate surface area is 263 Å². The molecule has 1 fully saturated rings. The van der Waals surface area contributed by atoms with Crippen molar-refractivity contribution in [2.24, 2.45) is 5.92 Å². The van der Waals surface area contributed by atoms with E-state index in [0.29, 0.717) is 19.3 Å². The standard InChI is InChI=1S/C37H64O6/c1-4-5-6-7-8-9-10-11-12-16-19-22-26-34-35(43-34)27-24-29-37(40)42-31-33(38)30-41-36(39)28-23-20-17-14-13-15-18-21-25-32(2)3/h8-9,11-12,19,22,32-35,38H,4-7,10,13-18,20-21,23-31H2,1-3H3/b9-8-,12-11-,22-19-/t33-,34?,35?/m1/s1. The number of hydrogen-bond acceptors (Lipinski definition) is 6. The molecule has 1 aliphatic heterocycles. The molecular formula is C37H64O6. The number of epoxide rings is 1. The zero-order valence-electron chi connectivity index (χ0n) is 27.8. The molecule has 0 spiro atoms. The van der Waals surface area contributed by atoms with Gasteiger partial charge in [-0.3, -0.25) is 9.59 Å². The van der Waals surface area contributed by atoms with Gasteiger partial charge in [0.25, 0.3) is 0 Å². The molecule has 0 aromatic heterocycles. The van der Waals surface area contributed by atoms with Gasteiger partial charge in [-0.1, -0.05) is 121 Å². The van der Waals surface area contributed by atoms with E-state index >= 15 is 0 Å². The molecule has 1 heterocycles. The van der Waals surface area contributed by atoms with Crippen LogP contribution in [0.4, 0.5) is 0 Å². The summed E-state index contributed by atoms with van der Waals surface area (Å²) in [5.41, 5.74) is 0. The number of carbonyl (C=O) groups is 2. The first-order chi connectivity index (χ1) is 20.9. The number of esters is 2. The second-order valence-electron chi connectivity index (χ2n) is 12.5. The quantitative estimate of drug-likeness (QED) is 0.0396. The molecule has 3 atom stereocenters. The van der Waals surface area contributed by atoms with E-state index in [9.17, 15) is 14.7 Å². The molecule has 6 nitrogen and oxygen atoms in total. The first-order valence-corrected chi connectivity index (χ1v) is 17.5. The predicted octanol–water partition coefficient (Wildman–Crippen LogP) is 9.35. The van der Waals surface area contributed by atoms with Crippen LogP contribution in [0.5, 0.6) is 0 Å². The van der Waals surface area contributed by atoms with Gasteiger partial charge in [0.2, 0.25) is 0 Å². The topological polar surface area (TPSA) is 85.4 Å². The Kier molecular flexibility index (Phi) is 25.1. The Hall–Kier alpha value is -1.92. The lowest BCUT2D eigenvalue weighted by molar-refractivity contribution is -0.152. The molecular weight excluding hydrogens is 540 g/mol. The fourth-order valence-corrected chi connectivity index (χ4v) is 4.94. The molecule has 0 amide bonds. The van der Waals surface area contributed by atoms with Crippen molar-refractivity contribution in [1.82, 2.24) is 0 Å². The maximum Gasteiger partial charge on any atom is 0.305 e. The maximum atomic E-state index is 12.0. The van der Waals surface area contributed by atoms with E-state index in [4.69, 9.17) is 14.2 Å². The van der Waals surface area contributed by atoms with E-state index in [1.807, 2.05) is 0 Å². The van der Waals surface area contributed by atoms with Crippen LogP contribution in [0.25, 0.3) is 0 Å². The van der Waals surface area contributed by atoms with Gasteiger partial charge in [0.15, 0.2) is 0 Å². The number of carbonyl (C=O) groups excluding carboxylic acids is 2. The lowest BCUT2D eigenvalue weighted by atomic mass is 10.0. The van der Waals surface area contributed by atoms with Crippen LogP contribution in [0.1, 0.15) is 149 Å². The zero-order valence-corrected chi connectivity index (χ0v) is 27.8. The number of allylic oxidation sites excluding steroid dienone is 5. The highest BCUT2D eigenvalue weighted by molar-refractivity contribution is 5.69. The molecule has 1 rings (SSSR count). The van der Waals surface area contributed by atoms with Gasteiger partial charge < -0.3 is 19.3 Å². The fraction of sp³-hybridized carbons (Fsp3) is 0.784. The summed E-state index contributed by atoms with van der Waals surface area (Å²) in [4.78, 5) is 23.9. The number of aliphatic hydroxyl groups excluding tert-OH is 1. The van der Waals surface area contributed by atoms with Crippen LogP contribution in [0.15, 0.2) is 36.5 Å². The highest BCUT2D eigenvalue weighted by Gasteiger charge is 2.36. The summed E-state index contributed by atoms with van der Waals surface area (Å²) in [7, 11) is 0. The number of aliphatic hydroxyl groups is 1. The van der Waals surface area contributed by atoms with Crippen LogP contribution in [0.3, 0.4) is 0 Å². The molecule has 248 valence electrons. The highest BCUT2D eigenvalue weighted by atomic mass is 16.6. The molecule has 0 bridgehead atoms. The molecule has 2 unspecified atom stereocenters. The second kappa shape index (κ2) is 27.6. The minimum Gasteiger partial charge on any atom is -0.463 e. The van der Waals surface area contributed by atoms with Crippen LogP contribution in [-0.4, -0.2) is 48.6 Å². The SMILES string of the molecule is CCCCC/C=C\C/C=C\C/C=C\CC1OC1CCCC(=O)OC[C@H](O)COC(=O)CCCCCCCCCCC(C)C. The monoisotopic (exact) mass is 604 g/mol. The van der Waals surface area contributed by atoms with E-state index in [0.717, 1.165) is 50.9 Å². The highest BCUT2D eigenvalue weighted by Crippen LogP contribution is 2.30. The molecule has 0 aromatic carbocycles. The molecule has 43 heavy (non-hydrogen) atoms. The van der Waals surface area contributed by atoms with Crippen LogP contribution >= 0.6 is 0 Å². The van der Waals surface area contributed by atoms with Crippen molar-refractivity contribution in [1.29, 1.82) is 0 Å². The second-order valence-corrected chi connectivity index (χ2v) is 12.5. The van der Waals surface area contributed by atoms with Gasteiger partial charge in [0.1, 0.15) is 19.3 Å². The van der Waals surface area contributed by atoms with Gasteiger partial charge in [-0.2, -0.15) is 0 Å². The summed E-state index contributed by atoms with van der Waals surface area (Å²) in [6.07, 6.45) is 33.7. The Morgan fingerprint density at radius 1 is 0.698 bits per heavy atom. The van der Waals surface area contributed by atoms with Crippen molar-refractivity contribution in [3.05, 3.63) is 36.5 Å². The third-order valence-electron chi connectivity index (χ3n) is 7.73. The Morgan fingerprint density at radius 3 is 1.88 bits per heavy atom. The van der Waals surface area contributed by atoms with Crippen molar-refractivity contribution >= 4 is 11.9 Å². The van der Waals surface area contributed by atoms with Crippen LogP contribution in [-0.2, 0) is 23.8 Å². The van der Waals surface area contributed by atoms with E-state index < -0.39 is 6.10 Å². The summed E-state index contributed by atoms with van der Waals surface area (Å²) in [6, 6.07) is 0. The summed E-state index contributed by atoms with van der Waals surface area (Å²) in [6.45, 7) is 6.49. The number of rotatable bonds is 29. The Bertz CT molecular complexity index is 771. The molecule has 6 heteroatoms. The van der Waals surface area contributed by atoms with Gasteiger partial charge in [0.05, 0.1) is 12.2 Å². The first kappa shape index (κ1) is 39.1. The van der Waals surface area contributed by atoms with Crippen molar-refractivity contribution in [3.63, 3.8) is 0 Å². The van der Waals surface area contributed by atoms with E-state index in [2.05, 4.69) is 57.2 Å². The van der Waals surface area contributed by atoms with Gasteiger partial charge in [-0.15, -0.1) is 0 Å². The van der Waals surface area contributed by atoms with Crippen molar-refractivity contribution in [3.8, 4) is 0 Å². The van der Waals surface area contributed by atoms with E-state index in [-0.39, 0.29) is 37.4 Å². The molecule has 0 saturated carbocycles. The third-order valence-corrected chi connectivity index (χ3v) is 7.73. The lowest BCUT2D eigenvalue weighted by Crippen LogP contribution is -2.25. The largest absolute Gasteiger partial charge is 0.463 e. The van der Waals surface area contributed by atoms with Gasteiger partial charge in [-0.05, 0) is 57.3 Å². The lowest BCUT2D eigenvalue weighted by Gasteiger charge is -2.12. The van der Waals surface area contributed by atoms with Crippen LogP contribution in [0.2, 0.25) is 0 Å². The van der Waals surface area contributed by atoms with Crippen molar-refractivity contribution < 1.29 is 28.9 Å². The van der Waals surface area contributed by atoms with E-state index in [1.165, 1.54) is 64.2 Å². The van der Waals surface area contributed by atoms with Crippen LogP contribution < -0.4 is 0 Å².